The first-order valence-electron chi connectivity index (χ1n) is 5.27. The predicted octanol–water partition coefficient (Wildman–Crippen LogP) is 2.95. The third kappa shape index (κ3) is 3.32. The van der Waals surface area contributed by atoms with Gasteiger partial charge in [0, 0.05) is 4.88 Å². The number of halogens is 1. The van der Waals surface area contributed by atoms with Crippen molar-refractivity contribution in [2.75, 3.05) is 5.21 Å². The van der Waals surface area contributed by atoms with Crippen molar-refractivity contribution in [1.82, 2.24) is 4.72 Å². The molecule has 0 amide bonds. The largest absolute Gasteiger partial charge is 0.226 e. The summed E-state index contributed by atoms with van der Waals surface area (Å²) >= 11 is 6.95. The van der Waals surface area contributed by atoms with Gasteiger partial charge in [0.2, 0.25) is 10.0 Å². The van der Waals surface area contributed by atoms with Crippen LogP contribution in [0.15, 0.2) is 47.8 Å². The Hall–Kier alpha value is -0.880. The van der Waals surface area contributed by atoms with E-state index in [9.17, 15) is 8.42 Å². The van der Waals surface area contributed by atoms with Gasteiger partial charge in [0.1, 0.15) is 5.21 Å². The van der Waals surface area contributed by atoms with Gasteiger partial charge in [0.25, 0.3) is 0 Å². The maximum atomic E-state index is 11.6. The highest BCUT2D eigenvalue weighted by Gasteiger charge is 2.20. The highest BCUT2D eigenvalue weighted by atomic mass is 35.5. The first kappa shape index (κ1) is 13.5. The Morgan fingerprint density at radius 3 is 2.44 bits per heavy atom. The molecule has 18 heavy (non-hydrogen) atoms. The molecule has 2 rings (SSSR count). The van der Waals surface area contributed by atoms with E-state index in [2.05, 4.69) is 4.72 Å². The average molecular weight is 302 g/mol. The summed E-state index contributed by atoms with van der Waals surface area (Å²) in [6.07, 6.45) is 0. The maximum Gasteiger partial charge on any atom is 0.226 e. The molecule has 0 saturated heterocycles. The van der Waals surface area contributed by atoms with Gasteiger partial charge in [-0.05, 0) is 17.0 Å². The Morgan fingerprint density at radius 2 is 1.89 bits per heavy atom. The molecule has 1 aromatic carbocycles. The molecule has 1 unspecified atom stereocenters. The zero-order chi connectivity index (χ0) is 13.0. The van der Waals surface area contributed by atoms with Crippen molar-refractivity contribution in [2.24, 2.45) is 0 Å². The van der Waals surface area contributed by atoms with Crippen LogP contribution in [0.25, 0.3) is 0 Å². The summed E-state index contributed by atoms with van der Waals surface area (Å²) in [7, 11) is -3.47. The van der Waals surface area contributed by atoms with Crippen molar-refractivity contribution < 1.29 is 8.42 Å². The maximum absolute atomic E-state index is 11.6. The van der Waals surface area contributed by atoms with E-state index in [-0.39, 0.29) is 6.04 Å². The van der Waals surface area contributed by atoms with Gasteiger partial charge in [-0.3, -0.25) is 0 Å². The number of hydrogen-bond donors (Lipinski definition) is 1. The second kappa shape index (κ2) is 5.84. The molecule has 1 N–H and O–H groups in total. The van der Waals surface area contributed by atoms with Crippen LogP contribution in [-0.4, -0.2) is 13.6 Å². The minimum Gasteiger partial charge on any atom is -0.211 e. The Balaban J connectivity index is 2.36. The van der Waals surface area contributed by atoms with Crippen molar-refractivity contribution in [3.63, 3.8) is 0 Å². The lowest BCUT2D eigenvalue weighted by Gasteiger charge is -2.17. The van der Waals surface area contributed by atoms with Crippen LogP contribution < -0.4 is 4.72 Å². The average Bonchev–Trinajstić information content (AvgIpc) is 2.91. The molecule has 0 aliphatic rings. The molecule has 2 aromatic rings. The molecule has 0 bridgehead atoms. The van der Waals surface area contributed by atoms with Crippen LogP contribution in [-0.2, 0) is 10.0 Å². The first-order chi connectivity index (χ1) is 8.62. The number of thiophene rings is 1. The zero-order valence-corrected chi connectivity index (χ0v) is 11.8. The molecular formula is C12H12ClNO2S2. The Labute approximate surface area is 115 Å². The SMILES string of the molecule is O=S(=O)(CCl)NC(c1ccccc1)c1cccs1. The summed E-state index contributed by atoms with van der Waals surface area (Å²) in [6, 6.07) is 12.8. The summed E-state index contributed by atoms with van der Waals surface area (Å²) in [5, 5.41) is 1.47. The number of nitrogens with one attached hydrogen (secondary N) is 1. The number of alkyl halides is 1. The molecule has 6 heteroatoms. The van der Waals surface area contributed by atoms with E-state index in [1.165, 1.54) is 11.3 Å². The summed E-state index contributed by atoms with van der Waals surface area (Å²) in [5.74, 6) is 0. The van der Waals surface area contributed by atoms with Crippen molar-refractivity contribution in [3.05, 3.63) is 58.3 Å². The normalized spacial score (nSPS) is 13.4. The topological polar surface area (TPSA) is 46.2 Å². The lowest BCUT2D eigenvalue weighted by atomic mass is 10.1. The van der Waals surface area contributed by atoms with Gasteiger partial charge in [-0.1, -0.05) is 36.4 Å². The Bertz CT molecular complexity index is 582. The van der Waals surface area contributed by atoms with Crippen LogP contribution in [0.1, 0.15) is 16.5 Å². The van der Waals surface area contributed by atoms with Crippen LogP contribution in [0.2, 0.25) is 0 Å². The van der Waals surface area contributed by atoms with Crippen LogP contribution in [0, 0.1) is 0 Å². The van der Waals surface area contributed by atoms with E-state index in [1.807, 2.05) is 47.8 Å². The van der Waals surface area contributed by atoms with Crippen molar-refractivity contribution in [1.29, 1.82) is 0 Å². The lowest BCUT2D eigenvalue weighted by Crippen LogP contribution is -2.29. The summed E-state index contributed by atoms with van der Waals surface area (Å²) in [5.41, 5.74) is 0.897. The molecule has 0 radical (unpaired) electrons. The van der Waals surface area contributed by atoms with Gasteiger partial charge in [-0.15, -0.1) is 22.9 Å². The molecule has 3 nitrogen and oxygen atoms in total. The summed E-state index contributed by atoms with van der Waals surface area (Å²) < 4.78 is 25.9. The van der Waals surface area contributed by atoms with Crippen molar-refractivity contribution in [2.45, 2.75) is 6.04 Å². The van der Waals surface area contributed by atoms with Crippen LogP contribution in [0.5, 0.6) is 0 Å². The van der Waals surface area contributed by atoms with Gasteiger partial charge in [-0.25, -0.2) is 13.1 Å². The lowest BCUT2D eigenvalue weighted by molar-refractivity contribution is 0.578. The van der Waals surface area contributed by atoms with Gasteiger partial charge in [0.05, 0.1) is 6.04 Å². The number of benzene rings is 1. The summed E-state index contributed by atoms with van der Waals surface area (Å²) in [4.78, 5) is 0.940. The van der Waals surface area contributed by atoms with E-state index in [4.69, 9.17) is 11.6 Å². The summed E-state index contributed by atoms with van der Waals surface area (Å²) in [6.45, 7) is 0. The van der Waals surface area contributed by atoms with Crippen molar-refractivity contribution >= 4 is 33.0 Å². The number of hydrogen-bond acceptors (Lipinski definition) is 3. The van der Waals surface area contributed by atoms with E-state index in [0.29, 0.717) is 0 Å². The predicted molar refractivity (Wildman–Crippen MR) is 75.4 cm³/mol. The van der Waals surface area contributed by atoms with E-state index in [0.717, 1.165) is 10.4 Å². The van der Waals surface area contributed by atoms with Gasteiger partial charge >= 0.3 is 0 Å². The third-order valence-electron chi connectivity index (χ3n) is 2.40. The standard InChI is InChI=1S/C12H12ClNO2S2/c13-9-18(15,16)14-12(11-7-4-8-17-11)10-5-2-1-3-6-10/h1-8,12,14H,9H2. The quantitative estimate of drug-likeness (QED) is 0.863. The number of rotatable bonds is 5. The smallest absolute Gasteiger partial charge is 0.211 e. The van der Waals surface area contributed by atoms with Crippen LogP contribution >= 0.6 is 22.9 Å². The fourth-order valence-electron chi connectivity index (χ4n) is 1.60. The fraction of sp³-hybridized carbons (Fsp3) is 0.167. The zero-order valence-electron chi connectivity index (χ0n) is 9.41. The molecule has 1 atom stereocenters. The highest BCUT2D eigenvalue weighted by molar-refractivity contribution is 7.90. The van der Waals surface area contributed by atoms with E-state index >= 15 is 0 Å². The molecule has 0 spiro atoms. The second-order valence-electron chi connectivity index (χ2n) is 3.70. The minimum absolute atomic E-state index is 0.380. The minimum atomic E-state index is -3.47. The first-order valence-corrected chi connectivity index (χ1v) is 8.33. The van der Waals surface area contributed by atoms with Gasteiger partial charge < -0.3 is 0 Å². The van der Waals surface area contributed by atoms with Crippen LogP contribution in [0.4, 0.5) is 0 Å². The van der Waals surface area contributed by atoms with E-state index in [1.54, 1.807) is 0 Å². The molecule has 96 valence electrons. The fourth-order valence-corrected chi connectivity index (χ4v) is 3.35. The molecule has 0 aliphatic heterocycles. The molecule has 0 saturated carbocycles. The highest BCUT2D eigenvalue weighted by Crippen LogP contribution is 2.26. The van der Waals surface area contributed by atoms with Crippen LogP contribution in [0.3, 0.4) is 0 Å². The molecule has 1 heterocycles. The van der Waals surface area contributed by atoms with E-state index < -0.39 is 15.2 Å². The molecule has 0 fully saturated rings. The molecular weight excluding hydrogens is 290 g/mol. The van der Waals surface area contributed by atoms with Crippen molar-refractivity contribution in [3.8, 4) is 0 Å². The second-order valence-corrected chi connectivity index (χ2v) is 7.02. The Morgan fingerprint density at radius 1 is 1.17 bits per heavy atom. The molecule has 0 aliphatic carbocycles. The monoisotopic (exact) mass is 301 g/mol. The van der Waals surface area contributed by atoms with Gasteiger partial charge in [0.15, 0.2) is 0 Å². The van der Waals surface area contributed by atoms with Gasteiger partial charge in [-0.2, -0.15) is 0 Å². The number of sulfonamides is 1. The Kier molecular flexibility index (Phi) is 4.40. The third-order valence-corrected chi connectivity index (χ3v) is 5.08. The molecule has 1 aromatic heterocycles.